The summed E-state index contributed by atoms with van der Waals surface area (Å²) in [7, 11) is 0. The Labute approximate surface area is 313 Å². The zero-order valence-electron chi connectivity index (χ0n) is 29.9. The van der Waals surface area contributed by atoms with E-state index in [0.717, 1.165) is 36.6 Å². The number of hydrogen-bond donors (Lipinski definition) is 3. The minimum Gasteiger partial charge on any atom is -0.459 e. The van der Waals surface area contributed by atoms with E-state index >= 15 is 0 Å². The Hall–Kier alpha value is -5.98. The SMILES string of the molecule is CCN1CCN(C(=O)NC(C(=O)N[C@@H]2C(=O)N3[C@@H](C(=O)OCc4ccccc4)C(C)(C)SC23NC=O)c2ccc(OC(C)=O)c(OC(C)=O)c2)C(=O)C1=O. The molecule has 0 bridgehead atoms. The molecule has 18 nitrogen and oxygen atoms in total. The number of carbonyl (C=O) groups excluding carboxylic acids is 9. The number of carbonyl (C=O) groups is 9. The lowest BCUT2D eigenvalue weighted by atomic mass is 9.92. The fraction of sp³-hybridized carbons (Fsp3) is 0.400. The summed E-state index contributed by atoms with van der Waals surface area (Å²) in [6, 6.07) is 6.89. The van der Waals surface area contributed by atoms with Gasteiger partial charge in [-0.3, -0.25) is 43.4 Å². The smallest absolute Gasteiger partial charge is 0.330 e. The van der Waals surface area contributed by atoms with Crippen LogP contribution in [0.15, 0.2) is 48.5 Å². The van der Waals surface area contributed by atoms with Crippen molar-refractivity contribution in [3.63, 3.8) is 0 Å². The van der Waals surface area contributed by atoms with Crippen LogP contribution in [0.1, 0.15) is 51.8 Å². The number of piperazine rings is 1. The normalized spacial score (nSPS) is 21.9. The average molecular weight is 767 g/mol. The van der Waals surface area contributed by atoms with Gasteiger partial charge < -0.3 is 35.1 Å². The third kappa shape index (κ3) is 7.57. The van der Waals surface area contributed by atoms with Crippen LogP contribution in [0.3, 0.4) is 0 Å². The molecule has 19 heteroatoms. The lowest BCUT2D eigenvalue weighted by Gasteiger charge is -2.53. The molecule has 3 fully saturated rings. The third-order valence-corrected chi connectivity index (χ3v) is 10.5. The lowest BCUT2D eigenvalue weighted by molar-refractivity contribution is -0.174. The van der Waals surface area contributed by atoms with Crippen molar-refractivity contribution in [2.45, 2.75) is 69.1 Å². The number of urea groups is 1. The maximum Gasteiger partial charge on any atom is 0.330 e. The fourth-order valence-electron chi connectivity index (χ4n) is 6.44. The van der Waals surface area contributed by atoms with Crippen LogP contribution in [-0.4, -0.2) is 110 Å². The predicted molar refractivity (Wildman–Crippen MR) is 187 cm³/mol. The van der Waals surface area contributed by atoms with Crippen LogP contribution in [0.5, 0.6) is 11.5 Å². The van der Waals surface area contributed by atoms with Crippen LogP contribution >= 0.6 is 11.8 Å². The van der Waals surface area contributed by atoms with Gasteiger partial charge in [-0.25, -0.2) is 9.59 Å². The van der Waals surface area contributed by atoms with Crippen LogP contribution in [-0.2, 0) is 49.7 Å². The topological polar surface area (TPSA) is 227 Å². The summed E-state index contributed by atoms with van der Waals surface area (Å²) in [4.78, 5) is 118. The number of fused-ring (bicyclic) bond motifs is 1. The van der Waals surface area contributed by atoms with Gasteiger partial charge in [0.15, 0.2) is 22.5 Å². The first kappa shape index (κ1) is 39.2. The highest BCUT2D eigenvalue weighted by molar-refractivity contribution is 8.02. The van der Waals surface area contributed by atoms with E-state index in [1.54, 1.807) is 51.1 Å². The summed E-state index contributed by atoms with van der Waals surface area (Å²) >= 11 is 1.02. The second kappa shape index (κ2) is 15.6. The van der Waals surface area contributed by atoms with Crippen LogP contribution in [0.25, 0.3) is 0 Å². The van der Waals surface area contributed by atoms with Gasteiger partial charge in [-0.1, -0.05) is 36.4 Å². The van der Waals surface area contributed by atoms with Gasteiger partial charge in [-0.2, -0.15) is 0 Å². The molecule has 0 spiro atoms. The molecule has 5 rings (SSSR count). The van der Waals surface area contributed by atoms with Crippen LogP contribution in [0, 0.1) is 0 Å². The van der Waals surface area contributed by atoms with Gasteiger partial charge in [0.05, 0.1) is 0 Å². The van der Waals surface area contributed by atoms with Gasteiger partial charge >= 0.3 is 35.8 Å². The molecule has 286 valence electrons. The molecule has 0 radical (unpaired) electrons. The number of esters is 3. The standard InChI is InChI=1S/C35H38N6O12S/c1-6-39-14-15-40(31(48)30(39)47)33(50)37-25(22-12-13-23(52-19(2)43)24(16-22)53-20(3)44)28(45)38-26-29(46)41-27(34(4,5)54-35(26,41)36-18-42)32(49)51-17-21-10-8-7-9-11-21/h7-13,16,18,25-27H,6,14-15,17H2,1-5H3,(H,36,42)(H,37,50)(H,38,45)/t25?,26-,27+,35?/m1/s1. The summed E-state index contributed by atoms with van der Waals surface area (Å²) in [6.45, 7) is 7.17. The lowest BCUT2D eigenvalue weighted by Crippen LogP contribution is -2.82. The second-order valence-electron chi connectivity index (χ2n) is 12.9. The summed E-state index contributed by atoms with van der Waals surface area (Å²) in [5, 5.41) is 7.55. The average Bonchev–Trinajstić information content (AvgIpc) is 3.33. The van der Waals surface area contributed by atoms with Crippen molar-refractivity contribution in [2.24, 2.45) is 0 Å². The Bertz CT molecular complexity index is 1910. The van der Waals surface area contributed by atoms with Crippen LogP contribution < -0.4 is 25.4 Å². The van der Waals surface area contributed by atoms with Gasteiger partial charge in [-0.05, 0) is 44.0 Å². The number of imide groups is 1. The summed E-state index contributed by atoms with van der Waals surface area (Å²) in [5.41, 5.74) is 0.637. The molecule has 0 aromatic heterocycles. The molecule has 3 aliphatic heterocycles. The first-order valence-electron chi connectivity index (χ1n) is 16.7. The number of nitrogens with one attached hydrogen (secondary N) is 3. The third-order valence-electron chi connectivity index (χ3n) is 8.84. The van der Waals surface area contributed by atoms with Crippen molar-refractivity contribution in [1.82, 2.24) is 30.7 Å². The van der Waals surface area contributed by atoms with E-state index in [2.05, 4.69) is 16.0 Å². The maximum absolute atomic E-state index is 14.2. The predicted octanol–water partition coefficient (Wildman–Crippen LogP) is 0.343. The first-order chi connectivity index (χ1) is 25.5. The van der Waals surface area contributed by atoms with E-state index in [1.165, 1.54) is 17.0 Å². The Kier molecular flexibility index (Phi) is 11.3. The van der Waals surface area contributed by atoms with E-state index in [-0.39, 0.29) is 43.3 Å². The molecule has 54 heavy (non-hydrogen) atoms. The number of nitrogens with zero attached hydrogens (tertiary/aromatic N) is 3. The van der Waals surface area contributed by atoms with Crippen molar-refractivity contribution in [2.75, 3.05) is 19.6 Å². The van der Waals surface area contributed by atoms with Gasteiger partial charge in [0.25, 0.3) is 5.91 Å². The minimum absolute atomic E-state index is 0.0350. The molecule has 3 N–H and O–H groups in total. The van der Waals surface area contributed by atoms with E-state index in [9.17, 15) is 43.2 Å². The molecule has 3 heterocycles. The number of ether oxygens (including phenoxy) is 3. The van der Waals surface area contributed by atoms with Crippen LogP contribution in [0.4, 0.5) is 4.79 Å². The number of rotatable bonds is 12. The molecule has 3 saturated heterocycles. The molecule has 4 atom stereocenters. The van der Waals surface area contributed by atoms with E-state index < -0.39 is 75.4 Å². The van der Waals surface area contributed by atoms with Gasteiger partial charge in [0.2, 0.25) is 12.3 Å². The first-order valence-corrected chi connectivity index (χ1v) is 17.5. The van der Waals surface area contributed by atoms with Gasteiger partial charge in [-0.15, -0.1) is 11.8 Å². The molecule has 7 amide bonds. The van der Waals surface area contributed by atoms with E-state index in [0.29, 0.717) is 16.9 Å². The molecule has 3 aliphatic rings. The zero-order valence-corrected chi connectivity index (χ0v) is 30.7. The monoisotopic (exact) mass is 766 g/mol. The summed E-state index contributed by atoms with van der Waals surface area (Å²) < 4.78 is 14.8. The molecule has 2 unspecified atom stereocenters. The number of amides is 7. The Morgan fingerprint density at radius 2 is 1.61 bits per heavy atom. The maximum atomic E-state index is 14.2. The Morgan fingerprint density at radius 3 is 2.24 bits per heavy atom. The van der Waals surface area contributed by atoms with Crippen molar-refractivity contribution in [3.8, 4) is 11.5 Å². The molecular weight excluding hydrogens is 728 g/mol. The Balaban J connectivity index is 1.46. The molecule has 2 aromatic carbocycles. The van der Waals surface area contributed by atoms with Crippen molar-refractivity contribution in [1.29, 1.82) is 0 Å². The summed E-state index contributed by atoms with van der Waals surface area (Å²) in [6.07, 6.45) is 0.316. The number of likely N-dealkylation sites (N-methyl/N-ethyl adjacent to an activating group) is 1. The molecule has 0 saturated carbocycles. The highest BCUT2D eigenvalue weighted by atomic mass is 32.2. The Morgan fingerprint density at radius 1 is 0.944 bits per heavy atom. The molecular formula is C35H38N6O12S. The van der Waals surface area contributed by atoms with E-state index in [4.69, 9.17) is 14.2 Å². The quantitative estimate of drug-likeness (QED) is 0.0872. The second-order valence-corrected chi connectivity index (χ2v) is 14.8. The van der Waals surface area contributed by atoms with Gasteiger partial charge in [0, 0.05) is 38.2 Å². The largest absolute Gasteiger partial charge is 0.459 e. The fourth-order valence-corrected chi connectivity index (χ4v) is 8.23. The number of β-lactam (4-membered cyclic amide) rings is 1. The number of benzene rings is 2. The number of hydrogen-bond acceptors (Lipinski definition) is 13. The molecule has 2 aromatic rings. The molecule has 0 aliphatic carbocycles. The van der Waals surface area contributed by atoms with Gasteiger partial charge in [0.1, 0.15) is 18.7 Å². The van der Waals surface area contributed by atoms with Crippen molar-refractivity contribution in [3.05, 3.63) is 59.7 Å². The van der Waals surface area contributed by atoms with E-state index in [1.807, 2.05) is 0 Å². The van der Waals surface area contributed by atoms with Crippen molar-refractivity contribution < 1.29 is 57.4 Å². The highest BCUT2D eigenvalue weighted by Crippen LogP contribution is 2.57. The van der Waals surface area contributed by atoms with Crippen molar-refractivity contribution >= 4 is 65.7 Å². The van der Waals surface area contributed by atoms with Crippen LogP contribution in [0.2, 0.25) is 0 Å². The minimum atomic E-state index is -1.74. The summed E-state index contributed by atoms with van der Waals surface area (Å²) in [5.74, 6) is -6.69. The highest BCUT2D eigenvalue weighted by Gasteiger charge is 2.74. The number of thioether (sulfide) groups is 1. The zero-order chi connectivity index (χ0) is 39.5.